The number of aliphatic imine (C=N–C) groups is 1. The van der Waals surface area contributed by atoms with Crippen LogP contribution >= 0.6 is 0 Å². The van der Waals surface area contributed by atoms with E-state index in [0.717, 1.165) is 87.1 Å². The van der Waals surface area contributed by atoms with Crippen LogP contribution < -0.4 is 16.2 Å². The van der Waals surface area contributed by atoms with Crippen LogP contribution in [-0.2, 0) is 19.5 Å². The molecule has 1 aromatic heterocycles. The van der Waals surface area contributed by atoms with Gasteiger partial charge in [0.25, 0.3) is 5.56 Å². The highest BCUT2D eigenvalue weighted by molar-refractivity contribution is 5.96. The number of aryl methyl sites for hydroxylation is 1. The molecular formula is C38H53FN8O. The molecule has 3 aromatic rings. The Bertz CT molecular complexity index is 1700. The first-order valence-corrected chi connectivity index (χ1v) is 18.1. The van der Waals surface area contributed by atoms with Gasteiger partial charge in [0.1, 0.15) is 11.6 Å². The van der Waals surface area contributed by atoms with Crippen molar-refractivity contribution in [2.45, 2.75) is 72.1 Å². The molecule has 3 heterocycles. The van der Waals surface area contributed by atoms with Crippen molar-refractivity contribution in [3.05, 3.63) is 70.0 Å². The maximum Gasteiger partial charge on any atom is 0.261 e. The molecule has 10 heteroatoms. The fourth-order valence-corrected chi connectivity index (χ4v) is 8.69. The molecule has 48 heavy (non-hydrogen) atoms. The van der Waals surface area contributed by atoms with Gasteiger partial charge < -0.3 is 20.4 Å². The molecule has 0 spiro atoms. The van der Waals surface area contributed by atoms with Crippen molar-refractivity contribution in [1.82, 2.24) is 29.6 Å². The molecule has 5 atom stereocenters. The maximum atomic E-state index is 14.1. The van der Waals surface area contributed by atoms with Gasteiger partial charge in [-0.1, -0.05) is 32.9 Å². The molecule has 8 rings (SSSR count). The van der Waals surface area contributed by atoms with Gasteiger partial charge in [-0.25, -0.2) is 14.4 Å². The van der Waals surface area contributed by atoms with E-state index in [1.807, 2.05) is 22.8 Å². The zero-order valence-corrected chi connectivity index (χ0v) is 29.4. The van der Waals surface area contributed by atoms with E-state index < -0.39 is 0 Å². The molecular weight excluding hydrogens is 603 g/mol. The van der Waals surface area contributed by atoms with E-state index >= 15 is 0 Å². The van der Waals surface area contributed by atoms with Crippen LogP contribution in [-0.4, -0.2) is 95.2 Å². The molecule has 0 radical (unpaired) electrons. The number of hydrogen-bond acceptors (Lipinski definition) is 6. The lowest BCUT2D eigenvalue weighted by molar-refractivity contribution is -0.108. The van der Waals surface area contributed by atoms with E-state index in [2.05, 4.69) is 60.1 Å². The molecule has 9 nitrogen and oxygen atoms in total. The number of halogens is 1. The van der Waals surface area contributed by atoms with E-state index in [9.17, 15) is 9.18 Å². The lowest BCUT2D eigenvalue weighted by Gasteiger charge is -2.61. The third-order valence-corrected chi connectivity index (χ3v) is 12.1. The summed E-state index contributed by atoms with van der Waals surface area (Å²) < 4.78 is 15.4. The first kappa shape index (κ1) is 33.2. The van der Waals surface area contributed by atoms with E-state index in [1.54, 1.807) is 12.1 Å². The van der Waals surface area contributed by atoms with Crippen molar-refractivity contribution in [2.24, 2.45) is 28.2 Å². The number of benzene rings is 2. The second-order valence-corrected chi connectivity index (χ2v) is 15.6. The highest BCUT2D eigenvalue weighted by Crippen LogP contribution is 2.61. The van der Waals surface area contributed by atoms with E-state index in [-0.39, 0.29) is 11.4 Å². The van der Waals surface area contributed by atoms with Gasteiger partial charge in [-0.15, -0.1) is 0 Å². The Morgan fingerprint density at radius 2 is 1.83 bits per heavy atom. The topological polar surface area (TPSA) is 81.0 Å². The molecule has 5 aliphatic rings. The lowest BCUT2D eigenvalue weighted by Crippen LogP contribution is -2.57. The average molecular weight is 657 g/mol. The predicted octanol–water partition coefficient (Wildman–Crippen LogP) is 4.66. The minimum absolute atomic E-state index is 0.0273. The summed E-state index contributed by atoms with van der Waals surface area (Å²) in [6.45, 7) is 17.2. The summed E-state index contributed by atoms with van der Waals surface area (Å²) >= 11 is 0. The summed E-state index contributed by atoms with van der Waals surface area (Å²) in [6.07, 6.45) is 3.11. The smallest absolute Gasteiger partial charge is 0.261 e. The van der Waals surface area contributed by atoms with Crippen molar-refractivity contribution in [3.8, 4) is 0 Å². The van der Waals surface area contributed by atoms with Crippen molar-refractivity contribution in [3.63, 3.8) is 0 Å². The molecule has 2 aliphatic heterocycles. The van der Waals surface area contributed by atoms with Crippen LogP contribution in [0.2, 0.25) is 0 Å². The number of nitrogens with zero attached hydrogens (tertiary/aromatic N) is 6. The number of rotatable bonds is 7. The molecule has 258 valence electrons. The fourth-order valence-electron chi connectivity index (χ4n) is 8.69. The molecule has 2 aromatic carbocycles. The minimum Gasteiger partial charge on any atom is -0.340 e. The van der Waals surface area contributed by atoms with Gasteiger partial charge in [0.15, 0.2) is 5.96 Å². The van der Waals surface area contributed by atoms with Crippen LogP contribution in [0.25, 0.3) is 10.9 Å². The van der Waals surface area contributed by atoms with Gasteiger partial charge in [0.05, 0.1) is 23.5 Å². The Kier molecular flexibility index (Phi) is 9.34. The number of aromatic nitrogens is 2. The van der Waals surface area contributed by atoms with Gasteiger partial charge in [-0.2, -0.15) is 0 Å². The lowest BCUT2D eigenvalue weighted by atomic mass is 9.45. The van der Waals surface area contributed by atoms with Crippen LogP contribution in [0.3, 0.4) is 0 Å². The molecule has 2 saturated heterocycles. The van der Waals surface area contributed by atoms with E-state index in [0.29, 0.717) is 53.8 Å². The monoisotopic (exact) mass is 656 g/mol. The van der Waals surface area contributed by atoms with Crippen LogP contribution in [0.15, 0.2) is 52.3 Å². The number of likely N-dealkylation sites (N-methyl/N-ethyl adjacent to an activating group) is 1. The van der Waals surface area contributed by atoms with Gasteiger partial charge in [-0.05, 0) is 92.3 Å². The van der Waals surface area contributed by atoms with Gasteiger partial charge in [-0.3, -0.25) is 14.3 Å². The number of nitrogens with one attached hydrogen (secondary N) is 2. The third kappa shape index (κ3) is 6.76. The van der Waals surface area contributed by atoms with Gasteiger partial charge >= 0.3 is 0 Å². The number of fused-ring (bicyclic) bond motifs is 3. The van der Waals surface area contributed by atoms with Crippen LogP contribution in [0, 0.1) is 29.0 Å². The Morgan fingerprint density at radius 1 is 1.06 bits per heavy atom. The Morgan fingerprint density at radius 3 is 2.54 bits per heavy atom. The number of guanidine groups is 1. The maximum absolute atomic E-state index is 14.1. The summed E-state index contributed by atoms with van der Waals surface area (Å²) in [5.74, 6) is 3.47. The average Bonchev–Trinajstić information content (AvgIpc) is 3.06. The molecule has 5 fully saturated rings. The van der Waals surface area contributed by atoms with Gasteiger partial charge in [0.2, 0.25) is 0 Å². The van der Waals surface area contributed by atoms with Crippen molar-refractivity contribution in [1.29, 1.82) is 0 Å². The normalized spacial score (nSPS) is 28.0. The Hall–Kier alpha value is -3.34. The van der Waals surface area contributed by atoms with Crippen LogP contribution in [0.4, 0.5) is 10.1 Å². The second kappa shape index (κ2) is 13.5. The summed E-state index contributed by atoms with van der Waals surface area (Å²) in [6, 6.07) is 13.2. The fraction of sp³-hybridized carbons (Fsp3) is 0.605. The van der Waals surface area contributed by atoms with Crippen molar-refractivity contribution < 1.29 is 4.39 Å². The predicted molar refractivity (Wildman–Crippen MR) is 192 cm³/mol. The summed E-state index contributed by atoms with van der Waals surface area (Å²) in [5, 5.41) is 7.91. The van der Waals surface area contributed by atoms with Crippen molar-refractivity contribution in [2.75, 3.05) is 58.2 Å². The zero-order valence-electron chi connectivity index (χ0n) is 29.4. The summed E-state index contributed by atoms with van der Waals surface area (Å²) in [5.41, 5.74) is 2.99. The standard InChI is InChI=1S/C38H53FN8O/c1-25-23-46(15-13-40-25)37(43-33-21-28-20-32(26(33)2)38(28,3)4)41-30-10-11-31-34(22-30)42-35(24-45-18-16-44(5)17-19-45)47(36(31)48)14-12-27-6-8-29(39)9-7-27/h6-11,22,25-26,28,32-33,40H,12-21,23-24H2,1-5H3,(H,41,43)/t25-,26-,28-,32+,33-/m0/s1. The molecule has 3 aliphatic carbocycles. The molecule has 0 amide bonds. The first-order chi connectivity index (χ1) is 23.0. The SMILES string of the molecule is C[C@@H]1[C@@H](N=C(Nc2ccc3c(=O)n(CCc4ccc(F)cc4)c(CN4CCN(C)CC4)nc3c2)N2CCN[C@@H](C)C2)C[C@@H]2C[C@H]1C2(C)C. The van der Waals surface area contributed by atoms with Crippen molar-refractivity contribution >= 4 is 22.5 Å². The number of piperazine rings is 2. The van der Waals surface area contributed by atoms with E-state index in [1.165, 1.54) is 18.6 Å². The quantitative estimate of drug-likeness (QED) is 0.283. The largest absolute Gasteiger partial charge is 0.340 e. The second-order valence-electron chi connectivity index (χ2n) is 15.6. The Labute approximate surface area is 284 Å². The van der Waals surface area contributed by atoms with Crippen LogP contribution in [0.5, 0.6) is 0 Å². The molecule has 2 bridgehead atoms. The first-order valence-electron chi connectivity index (χ1n) is 18.1. The van der Waals surface area contributed by atoms with E-state index in [4.69, 9.17) is 9.98 Å². The summed E-state index contributed by atoms with van der Waals surface area (Å²) in [4.78, 5) is 31.9. The summed E-state index contributed by atoms with van der Waals surface area (Å²) in [7, 11) is 2.15. The molecule has 2 N–H and O–H groups in total. The van der Waals surface area contributed by atoms with Crippen LogP contribution in [0.1, 0.15) is 51.9 Å². The third-order valence-electron chi connectivity index (χ3n) is 12.1. The van der Waals surface area contributed by atoms with Gasteiger partial charge in [0, 0.05) is 64.1 Å². The minimum atomic E-state index is -0.253. The molecule has 0 unspecified atom stereocenters. The Balaban J connectivity index is 1.20. The highest BCUT2D eigenvalue weighted by Gasteiger charge is 2.56. The number of hydrogen-bond donors (Lipinski definition) is 2. The molecule has 3 saturated carbocycles. The highest BCUT2D eigenvalue weighted by atomic mass is 19.1. The zero-order chi connectivity index (χ0) is 33.6. The number of anilines is 1.